The summed E-state index contributed by atoms with van der Waals surface area (Å²) in [4.78, 5) is 15.8. The molecule has 0 aliphatic carbocycles. The summed E-state index contributed by atoms with van der Waals surface area (Å²) in [6.45, 7) is 1.88. The molecule has 1 aromatic carbocycles. The van der Waals surface area contributed by atoms with Crippen LogP contribution in [0.3, 0.4) is 0 Å². The van der Waals surface area contributed by atoms with Crippen LogP contribution in [0, 0.1) is 0 Å². The van der Waals surface area contributed by atoms with E-state index in [2.05, 4.69) is 10.3 Å². The Balaban J connectivity index is 2.33. The highest BCUT2D eigenvalue weighted by molar-refractivity contribution is 6.03. The molecule has 1 amide bonds. The summed E-state index contributed by atoms with van der Waals surface area (Å²) in [7, 11) is 0. The van der Waals surface area contributed by atoms with Crippen molar-refractivity contribution in [3.05, 3.63) is 36.7 Å². The number of carbonyl (C=O) groups is 1. The van der Waals surface area contributed by atoms with Gasteiger partial charge < -0.3 is 11.1 Å². The zero-order valence-corrected chi connectivity index (χ0v) is 9.68. The van der Waals surface area contributed by atoms with E-state index in [9.17, 15) is 4.79 Å². The average Bonchev–Trinajstić information content (AvgIpc) is 2.38. The number of nitrogens with two attached hydrogens (primary N) is 1. The van der Waals surface area contributed by atoms with E-state index in [1.54, 1.807) is 12.4 Å². The maximum Gasteiger partial charge on any atom is 0.241 e. The lowest BCUT2D eigenvalue weighted by Gasteiger charge is -2.11. The van der Waals surface area contributed by atoms with Crippen LogP contribution >= 0.6 is 0 Å². The summed E-state index contributed by atoms with van der Waals surface area (Å²) in [6, 6.07) is 7.17. The standard InChI is InChI=1S/C13H15N3O/c1-2-11(14)13(17)16-12-5-3-4-9-6-7-15-8-10(9)12/h3-8,11H,2,14H2,1H3,(H,16,17). The van der Waals surface area contributed by atoms with Gasteiger partial charge in [-0.3, -0.25) is 9.78 Å². The van der Waals surface area contributed by atoms with E-state index in [1.807, 2.05) is 31.2 Å². The Bertz CT molecular complexity index is 534. The lowest BCUT2D eigenvalue weighted by Crippen LogP contribution is -2.34. The Kier molecular flexibility index (Phi) is 3.35. The van der Waals surface area contributed by atoms with Gasteiger partial charge in [0.25, 0.3) is 0 Å². The highest BCUT2D eigenvalue weighted by Gasteiger charge is 2.12. The highest BCUT2D eigenvalue weighted by Crippen LogP contribution is 2.22. The molecular weight excluding hydrogens is 214 g/mol. The number of nitrogens with zero attached hydrogens (tertiary/aromatic N) is 1. The molecule has 2 rings (SSSR count). The first-order valence-corrected chi connectivity index (χ1v) is 5.61. The smallest absolute Gasteiger partial charge is 0.241 e. The predicted molar refractivity (Wildman–Crippen MR) is 68.6 cm³/mol. The fourth-order valence-electron chi connectivity index (χ4n) is 1.63. The topological polar surface area (TPSA) is 68.0 Å². The zero-order valence-electron chi connectivity index (χ0n) is 9.68. The lowest BCUT2D eigenvalue weighted by atomic mass is 10.1. The van der Waals surface area contributed by atoms with Crippen LogP contribution in [-0.2, 0) is 4.79 Å². The van der Waals surface area contributed by atoms with Gasteiger partial charge >= 0.3 is 0 Å². The van der Waals surface area contributed by atoms with Gasteiger partial charge in [0, 0.05) is 17.8 Å². The Morgan fingerprint density at radius 1 is 1.47 bits per heavy atom. The van der Waals surface area contributed by atoms with Crippen LogP contribution in [0.15, 0.2) is 36.7 Å². The number of anilines is 1. The van der Waals surface area contributed by atoms with Crippen molar-refractivity contribution in [3.63, 3.8) is 0 Å². The van der Waals surface area contributed by atoms with E-state index < -0.39 is 6.04 Å². The number of amides is 1. The van der Waals surface area contributed by atoms with Crippen molar-refractivity contribution in [1.82, 2.24) is 4.98 Å². The van der Waals surface area contributed by atoms with Crippen LogP contribution in [0.5, 0.6) is 0 Å². The molecule has 0 fully saturated rings. The molecule has 0 aliphatic heterocycles. The summed E-state index contributed by atoms with van der Waals surface area (Å²) in [6.07, 6.45) is 4.09. The monoisotopic (exact) mass is 229 g/mol. The number of carbonyl (C=O) groups excluding carboxylic acids is 1. The molecule has 17 heavy (non-hydrogen) atoms. The van der Waals surface area contributed by atoms with Crippen molar-refractivity contribution in [3.8, 4) is 0 Å². The van der Waals surface area contributed by atoms with Crippen LogP contribution in [-0.4, -0.2) is 16.9 Å². The second kappa shape index (κ2) is 4.93. The fraction of sp³-hybridized carbons (Fsp3) is 0.231. The van der Waals surface area contributed by atoms with Crippen molar-refractivity contribution in [2.75, 3.05) is 5.32 Å². The van der Waals surface area contributed by atoms with Gasteiger partial charge in [-0.15, -0.1) is 0 Å². The summed E-state index contributed by atoms with van der Waals surface area (Å²) >= 11 is 0. The molecule has 1 atom stereocenters. The summed E-state index contributed by atoms with van der Waals surface area (Å²) in [5.41, 5.74) is 6.43. The molecule has 0 saturated heterocycles. The minimum absolute atomic E-state index is 0.163. The molecule has 4 heteroatoms. The third kappa shape index (κ3) is 2.42. The van der Waals surface area contributed by atoms with E-state index in [1.165, 1.54) is 0 Å². The van der Waals surface area contributed by atoms with E-state index in [-0.39, 0.29) is 5.91 Å². The second-order valence-electron chi connectivity index (χ2n) is 3.91. The van der Waals surface area contributed by atoms with Crippen LogP contribution in [0.4, 0.5) is 5.69 Å². The molecule has 1 aromatic heterocycles. The van der Waals surface area contributed by atoms with Gasteiger partial charge in [-0.2, -0.15) is 0 Å². The van der Waals surface area contributed by atoms with E-state index in [4.69, 9.17) is 5.73 Å². The fourth-order valence-corrected chi connectivity index (χ4v) is 1.63. The number of rotatable bonds is 3. The van der Waals surface area contributed by atoms with Crippen LogP contribution in [0.2, 0.25) is 0 Å². The van der Waals surface area contributed by atoms with Crippen molar-refractivity contribution in [2.24, 2.45) is 5.73 Å². The number of aromatic nitrogens is 1. The molecule has 1 heterocycles. The van der Waals surface area contributed by atoms with Gasteiger partial charge in [0.2, 0.25) is 5.91 Å². The van der Waals surface area contributed by atoms with Crippen molar-refractivity contribution in [1.29, 1.82) is 0 Å². The number of benzene rings is 1. The van der Waals surface area contributed by atoms with Gasteiger partial charge in [-0.1, -0.05) is 19.1 Å². The molecule has 88 valence electrons. The Labute approximate surface area is 99.8 Å². The molecule has 3 N–H and O–H groups in total. The van der Waals surface area contributed by atoms with E-state index in [0.717, 1.165) is 16.5 Å². The highest BCUT2D eigenvalue weighted by atomic mass is 16.2. The third-order valence-electron chi connectivity index (χ3n) is 2.72. The van der Waals surface area contributed by atoms with Crippen molar-refractivity contribution >= 4 is 22.4 Å². The van der Waals surface area contributed by atoms with Gasteiger partial charge in [0.1, 0.15) is 0 Å². The minimum Gasteiger partial charge on any atom is -0.324 e. The Hall–Kier alpha value is -1.94. The number of pyridine rings is 1. The van der Waals surface area contributed by atoms with Gasteiger partial charge in [-0.05, 0) is 23.9 Å². The number of hydrogen-bond donors (Lipinski definition) is 2. The summed E-state index contributed by atoms with van der Waals surface area (Å²) < 4.78 is 0. The Morgan fingerprint density at radius 2 is 2.29 bits per heavy atom. The third-order valence-corrected chi connectivity index (χ3v) is 2.72. The summed E-state index contributed by atoms with van der Waals surface area (Å²) in [5, 5.41) is 4.80. The summed E-state index contributed by atoms with van der Waals surface area (Å²) in [5.74, 6) is -0.163. The normalized spacial score (nSPS) is 12.4. The van der Waals surface area contributed by atoms with E-state index >= 15 is 0 Å². The lowest BCUT2D eigenvalue weighted by molar-refractivity contribution is -0.117. The van der Waals surface area contributed by atoms with Crippen molar-refractivity contribution in [2.45, 2.75) is 19.4 Å². The molecule has 0 bridgehead atoms. The first-order chi connectivity index (χ1) is 8.22. The van der Waals surface area contributed by atoms with E-state index in [0.29, 0.717) is 6.42 Å². The maximum absolute atomic E-state index is 11.7. The Morgan fingerprint density at radius 3 is 3.06 bits per heavy atom. The number of nitrogens with one attached hydrogen (secondary N) is 1. The molecule has 1 unspecified atom stereocenters. The maximum atomic E-state index is 11.7. The van der Waals surface area contributed by atoms with Crippen LogP contribution in [0.1, 0.15) is 13.3 Å². The molecule has 4 nitrogen and oxygen atoms in total. The first kappa shape index (κ1) is 11.5. The predicted octanol–water partition coefficient (Wildman–Crippen LogP) is 1.91. The second-order valence-corrected chi connectivity index (χ2v) is 3.91. The van der Waals surface area contributed by atoms with Crippen molar-refractivity contribution < 1.29 is 4.79 Å². The molecule has 0 aliphatic rings. The number of fused-ring (bicyclic) bond motifs is 1. The van der Waals surface area contributed by atoms with Crippen LogP contribution in [0.25, 0.3) is 10.8 Å². The molecular formula is C13H15N3O. The minimum atomic E-state index is -0.470. The van der Waals surface area contributed by atoms with Gasteiger partial charge in [0.15, 0.2) is 0 Å². The first-order valence-electron chi connectivity index (χ1n) is 5.61. The van der Waals surface area contributed by atoms with Gasteiger partial charge in [0.05, 0.1) is 11.7 Å². The molecule has 0 spiro atoms. The SMILES string of the molecule is CCC(N)C(=O)Nc1cccc2ccncc12. The quantitative estimate of drug-likeness (QED) is 0.844. The molecule has 2 aromatic rings. The average molecular weight is 229 g/mol. The molecule has 0 saturated carbocycles. The number of hydrogen-bond acceptors (Lipinski definition) is 3. The largest absolute Gasteiger partial charge is 0.324 e. The van der Waals surface area contributed by atoms with Crippen LogP contribution < -0.4 is 11.1 Å². The molecule has 0 radical (unpaired) electrons. The van der Waals surface area contributed by atoms with Gasteiger partial charge in [-0.25, -0.2) is 0 Å². The zero-order chi connectivity index (χ0) is 12.3.